The maximum Gasteiger partial charge on any atom is 0.153 e. The first-order valence-electron chi connectivity index (χ1n) is 7.50. The summed E-state index contributed by atoms with van der Waals surface area (Å²) < 4.78 is 12.1. The number of rotatable bonds is 3. The van der Waals surface area contributed by atoms with Crippen molar-refractivity contribution in [1.29, 1.82) is 0 Å². The van der Waals surface area contributed by atoms with Crippen molar-refractivity contribution in [2.24, 2.45) is 0 Å². The summed E-state index contributed by atoms with van der Waals surface area (Å²) in [5.41, 5.74) is -0.213. The van der Waals surface area contributed by atoms with Crippen molar-refractivity contribution in [1.82, 2.24) is 0 Å². The van der Waals surface area contributed by atoms with Crippen molar-refractivity contribution < 1.29 is 14.3 Å². The Morgan fingerprint density at radius 3 is 1.91 bits per heavy atom. The zero-order chi connectivity index (χ0) is 16.5. The Morgan fingerprint density at radius 1 is 0.864 bits per heavy atom. The van der Waals surface area contributed by atoms with E-state index in [1.165, 1.54) is 0 Å². The average molecular weight is 300 g/mol. The zero-order valence-corrected chi connectivity index (χ0v) is 14.2. The van der Waals surface area contributed by atoms with Gasteiger partial charge in [-0.2, -0.15) is 0 Å². The smallest absolute Gasteiger partial charge is 0.153 e. The summed E-state index contributed by atoms with van der Waals surface area (Å²) >= 11 is 0. The lowest BCUT2D eigenvalue weighted by Crippen LogP contribution is -2.25. The number of carbonyl (C=O) groups excluding carboxylic acids is 1. The molecule has 0 aliphatic heterocycles. The van der Waals surface area contributed by atoms with Gasteiger partial charge in [0.1, 0.15) is 22.7 Å². The van der Waals surface area contributed by atoms with Crippen molar-refractivity contribution in [2.75, 3.05) is 0 Å². The molecular weight excluding hydrogens is 276 g/mol. The van der Waals surface area contributed by atoms with Gasteiger partial charge in [0, 0.05) is 10.8 Å². The molecule has 0 atom stereocenters. The third kappa shape index (κ3) is 3.79. The van der Waals surface area contributed by atoms with Gasteiger partial charge in [0.25, 0.3) is 0 Å². The van der Waals surface area contributed by atoms with Crippen LogP contribution in [0.15, 0.2) is 30.3 Å². The van der Waals surface area contributed by atoms with E-state index in [0.717, 1.165) is 17.1 Å². The second-order valence-electron chi connectivity index (χ2n) is 7.39. The molecule has 2 aromatic rings. The van der Waals surface area contributed by atoms with Crippen LogP contribution in [0.1, 0.15) is 51.9 Å². The van der Waals surface area contributed by atoms with E-state index in [2.05, 4.69) is 0 Å². The molecule has 0 N–H and O–H groups in total. The summed E-state index contributed by atoms with van der Waals surface area (Å²) in [5.74, 6) is 1.31. The van der Waals surface area contributed by atoms with Crippen molar-refractivity contribution in [3.05, 3.63) is 35.9 Å². The van der Waals surface area contributed by atoms with Gasteiger partial charge in [-0.3, -0.25) is 4.79 Å². The first-order valence-corrected chi connectivity index (χ1v) is 7.50. The highest BCUT2D eigenvalue weighted by Crippen LogP contribution is 2.38. The molecule has 0 aliphatic carbocycles. The molecule has 22 heavy (non-hydrogen) atoms. The highest BCUT2D eigenvalue weighted by atomic mass is 16.5. The molecule has 2 aromatic carbocycles. The molecule has 0 unspecified atom stereocenters. The van der Waals surface area contributed by atoms with E-state index in [4.69, 9.17) is 9.47 Å². The van der Waals surface area contributed by atoms with Crippen LogP contribution in [0.25, 0.3) is 10.8 Å². The van der Waals surface area contributed by atoms with Gasteiger partial charge in [-0.15, -0.1) is 0 Å². The van der Waals surface area contributed by atoms with Crippen LogP contribution < -0.4 is 9.47 Å². The van der Waals surface area contributed by atoms with Crippen LogP contribution in [-0.2, 0) is 0 Å². The Hall–Kier alpha value is -2.03. The van der Waals surface area contributed by atoms with Crippen LogP contribution >= 0.6 is 0 Å². The van der Waals surface area contributed by atoms with Gasteiger partial charge < -0.3 is 9.47 Å². The van der Waals surface area contributed by atoms with Crippen LogP contribution in [0.4, 0.5) is 0 Å². The topological polar surface area (TPSA) is 35.5 Å². The molecule has 0 aromatic heterocycles. The first-order chi connectivity index (χ1) is 10.1. The van der Waals surface area contributed by atoms with Gasteiger partial charge >= 0.3 is 0 Å². The fourth-order valence-corrected chi connectivity index (χ4v) is 2.26. The molecule has 0 aliphatic rings. The van der Waals surface area contributed by atoms with E-state index in [-0.39, 0.29) is 11.2 Å². The summed E-state index contributed by atoms with van der Waals surface area (Å²) in [6, 6.07) is 9.60. The molecular formula is C19H24O3. The van der Waals surface area contributed by atoms with Crippen molar-refractivity contribution >= 4 is 17.1 Å². The van der Waals surface area contributed by atoms with Crippen molar-refractivity contribution in [3.8, 4) is 11.5 Å². The fraction of sp³-hybridized carbons (Fsp3) is 0.421. The standard InChI is InChI=1S/C19H24O3/c1-18(2,3)21-16-11-13(12-20)17(22-19(4,5)6)15-10-8-7-9-14(15)16/h7-12H,1-6H3. The highest BCUT2D eigenvalue weighted by Gasteiger charge is 2.21. The van der Waals surface area contributed by atoms with Crippen molar-refractivity contribution in [3.63, 3.8) is 0 Å². The Bertz CT molecular complexity index is 688. The fourth-order valence-electron chi connectivity index (χ4n) is 2.26. The maximum absolute atomic E-state index is 11.5. The molecule has 118 valence electrons. The highest BCUT2D eigenvalue weighted by molar-refractivity contribution is 6.00. The Morgan fingerprint density at radius 2 is 1.41 bits per heavy atom. The lowest BCUT2D eigenvalue weighted by atomic mass is 10.0. The minimum Gasteiger partial charge on any atom is -0.487 e. The number of carbonyl (C=O) groups is 1. The van der Waals surface area contributed by atoms with Gasteiger partial charge in [-0.05, 0) is 47.6 Å². The molecule has 0 heterocycles. The normalized spacial score (nSPS) is 12.3. The minimum absolute atomic E-state index is 0.338. The third-order valence-corrected chi connectivity index (χ3v) is 2.94. The number of aldehydes is 1. The summed E-state index contributed by atoms with van der Waals surface area (Å²) in [5, 5.41) is 1.84. The van der Waals surface area contributed by atoms with Gasteiger partial charge in [0.05, 0.1) is 5.56 Å². The van der Waals surface area contributed by atoms with E-state index in [0.29, 0.717) is 17.1 Å². The predicted molar refractivity (Wildman–Crippen MR) is 90.1 cm³/mol. The van der Waals surface area contributed by atoms with E-state index >= 15 is 0 Å². The third-order valence-electron chi connectivity index (χ3n) is 2.94. The second-order valence-corrected chi connectivity index (χ2v) is 7.39. The van der Waals surface area contributed by atoms with Crippen LogP contribution in [0.5, 0.6) is 11.5 Å². The minimum atomic E-state index is -0.382. The summed E-state index contributed by atoms with van der Waals surface area (Å²) in [6.07, 6.45) is 0.822. The lowest BCUT2D eigenvalue weighted by Gasteiger charge is -2.26. The van der Waals surface area contributed by atoms with Crippen LogP contribution in [0.2, 0.25) is 0 Å². The van der Waals surface area contributed by atoms with E-state index in [9.17, 15) is 4.79 Å². The Labute approximate surface area is 132 Å². The number of hydrogen-bond donors (Lipinski definition) is 0. The summed E-state index contributed by atoms with van der Waals surface area (Å²) in [4.78, 5) is 11.5. The summed E-state index contributed by atoms with van der Waals surface area (Å²) in [6.45, 7) is 11.9. The molecule has 0 amide bonds. The Kier molecular flexibility index (Phi) is 4.19. The number of fused-ring (bicyclic) bond motifs is 1. The quantitative estimate of drug-likeness (QED) is 0.748. The molecule has 0 saturated heterocycles. The van der Waals surface area contributed by atoms with Crippen LogP contribution in [-0.4, -0.2) is 17.5 Å². The molecule has 3 nitrogen and oxygen atoms in total. The SMILES string of the molecule is CC(C)(C)Oc1cc(C=O)c(OC(C)(C)C)c2ccccc12. The number of benzene rings is 2. The monoisotopic (exact) mass is 300 g/mol. The maximum atomic E-state index is 11.5. The van der Waals surface area contributed by atoms with Gasteiger partial charge in [0.2, 0.25) is 0 Å². The summed E-state index contributed by atoms with van der Waals surface area (Å²) in [7, 11) is 0. The molecule has 2 rings (SSSR count). The van der Waals surface area contributed by atoms with Crippen LogP contribution in [0, 0.1) is 0 Å². The van der Waals surface area contributed by atoms with E-state index in [1.807, 2.05) is 65.8 Å². The molecule has 3 heteroatoms. The predicted octanol–water partition coefficient (Wildman–Crippen LogP) is 5.01. The van der Waals surface area contributed by atoms with E-state index < -0.39 is 0 Å². The Balaban J connectivity index is 2.71. The zero-order valence-electron chi connectivity index (χ0n) is 14.2. The number of ether oxygens (including phenoxy) is 2. The van der Waals surface area contributed by atoms with Crippen LogP contribution in [0.3, 0.4) is 0 Å². The second kappa shape index (κ2) is 5.64. The first kappa shape index (κ1) is 16.3. The van der Waals surface area contributed by atoms with Gasteiger partial charge in [-0.25, -0.2) is 0 Å². The molecule has 0 spiro atoms. The largest absolute Gasteiger partial charge is 0.487 e. The van der Waals surface area contributed by atoms with E-state index in [1.54, 1.807) is 6.07 Å². The molecule has 0 radical (unpaired) electrons. The van der Waals surface area contributed by atoms with Gasteiger partial charge in [0.15, 0.2) is 6.29 Å². The van der Waals surface area contributed by atoms with Gasteiger partial charge in [-0.1, -0.05) is 24.3 Å². The van der Waals surface area contributed by atoms with Crippen molar-refractivity contribution in [2.45, 2.75) is 52.7 Å². The number of hydrogen-bond acceptors (Lipinski definition) is 3. The molecule has 0 bridgehead atoms. The molecule has 0 saturated carbocycles. The average Bonchev–Trinajstić information content (AvgIpc) is 2.38. The lowest BCUT2D eigenvalue weighted by molar-refractivity contribution is 0.109. The molecule has 0 fully saturated rings.